The van der Waals surface area contributed by atoms with Crippen molar-refractivity contribution in [1.82, 2.24) is 4.72 Å². The van der Waals surface area contributed by atoms with Gasteiger partial charge in [0.25, 0.3) is 0 Å². The predicted molar refractivity (Wildman–Crippen MR) is 81.0 cm³/mol. The van der Waals surface area contributed by atoms with E-state index in [1.54, 1.807) is 0 Å². The summed E-state index contributed by atoms with van der Waals surface area (Å²) in [6.45, 7) is 4.41. The summed E-state index contributed by atoms with van der Waals surface area (Å²) in [5, 5.41) is 0. The van der Waals surface area contributed by atoms with Gasteiger partial charge in [-0.2, -0.15) is 0 Å². The third-order valence-electron chi connectivity index (χ3n) is 3.24. The molecule has 0 bridgehead atoms. The summed E-state index contributed by atoms with van der Waals surface area (Å²) >= 11 is 0. The lowest BCUT2D eigenvalue weighted by Crippen LogP contribution is -2.23. The number of hydrogen-bond acceptors (Lipinski definition) is 2. The van der Waals surface area contributed by atoms with Gasteiger partial charge in [0, 0.05) is 6.54 Å². The van der Waals surface area contributed by atoms with Crippen LogP contribution in [0.2, 0.25) is 0 Å². The molecule has 2 aromatic rings. The minimum atomic E-state index is -3.62. The van der Waals surface area contributed by atoms with Crippen LogP contribution < -0.4 is 4.72 Å². The number of halogens is 1. The number of benzene rings is 2. The predicted octanol–water partition coefficient (Wildman–Crippen LogP) is 3.43. The van der Waals surface area contributed by atoms with Crippen LogP contribution in [-0.4, -0.2) is 8.42 Å². The van der Waals surface area contributed by atoms with Gasteiger partial charge in [-0.05, 0) is 41.3 Å². The molecule has 0 saturated carbocycles. The molecule has 2 aromatic carbocycles. The van der Waals surface area contributed by atoms with Crippen LogP contribution in [0.5, 0.6) is 0 Å². The maximum absolute atomic E-state index is 12.8. The fourth-order valence-electron chi connectivity index (χ4n) is 1.90. The average molecular weight is 307 g/mol. The Kier molecular flexibility index (Phi) is 4.75. The standard InChI is InChI=1S/C16H18FNO2S/c1-12(2)14-5-3-13(4-6-14)11-18-21(19,20)16-9-7-15(17)8-10-16/h3-10,12,18H,11H2,1-2H3. The molecule has 3 nitrogen and oxygen atoms in total. The summed E-state index contributed by atoms with van der Waals surface area (Å²) in [5.41, 5.74) is 2.09. The van der Waals surface area contributed by atoms with Gasteiger partial charge in [-0.3, -0.25) is 0 Å². The second kappa shape index (κ2) is 6.37. The topological polar surface area (TPSA) is 46.2 Å². The van der Waals surface area contributed by atoms with Crippen molar-refractivity contribution in [2.24, 2.45) is 0 Å². The van der Waals surface area contributed by atoms with Crippen LogP contribution >= 0.6 is 0 Å². The minimum Gasteiger partial charge on any atom is -0.207 e. The van der Waals surface area contributed by atoms with Gasteiger partial charge >= 0.3 is 0 Å². The lowest BCUT2D eigenvalue weighted by atomic mass is 10.0. The van der Waals surface area contributed by atoms with E-state index in [4.69, 9.17) is 0 Å². The van der Waals surface area contributed by atoms with Gasteiger partial charge in [0.1, 0.15) is 5.82 Å². The van der Waals surface area contributed by atoms with Crippen LogP contribution in [-0.2, 0) is 16.6 Å². The highest BCUT2D eigenvalue weighted by Gasteiger charge is 2.13. The lowest BCUT2D eigenvalue weighted by molar-refractivity contribution is 0.580. The molecular formula is C16H18FNO2S. The zero-order valence-corrected chi connectivity index (χ0v) is 12.8. The van der Waals surface area contributed by atoms with E-state index in [-0.39, 0.29) is 11.4 Å². The van der Waals surface area contributed by atoms with E-state index in [1.807, 2.05) is 24.3 Å². The van der Waals surface area contributed by atoms with E-state index in [0.717, 1.165) is 17.7 Å². The SMILES string of the molecule is CC(C)c1ccc(CNS(=O)(=O)c2ccc(F)cc2)cc1. The van der Waals surface area contributed by atoms with Gasteiger partial charge in [0.15, 0.2) is 0 Å². The Morgan fingerprint density at radius 2 is 1.57 bits per heavy atom. The maximum atomic E-state index is 12.8. The normalized spacial score (nSPS) is 11.8. The molecule has 0 heterocycles. The third-order valence-corrected chi connectivity index (χ3v) is 4.65. The largest absolute Gasteiger partial charge is 0.240 e. The Labute approximate surface area is 124 Å². The van der Waals surface area contributed by atoms with Crippen molar-refractivity contribution in [3.05, 3.63) is 65.5 Å². The quantitative estimate of drug-likeness (QED) is 0.920. The molecule has 0 unspecified atom stereocenters. The zero-order chi connectivity index (χ0) is 15.5. The second-order valence-corrected chi connectivity index (χ2v) is 6.94. The number of sulfonamides is 1. The van der Waals surface area contributed by atoms with Crippen LogP contribution in [0, 0.1) is 5.82 Å². The van der Waals surface area contributed by atoms with Crippen molar-refractivity contribution in [2.45, 2.75) is 31.2 Å². The van der Waals surface area contributed by atoms with Crippen molar-refractivity contribution in [2.75, 3.05) is 0 Å². The van der Waals surface area contributed by atoms with Crippen molar-refractivity contribution in [3.8, 4) is 0 Å². The van der Waals surface area contributed by atoms with Crippen molar-refractivity contribution < 1.29 is 12.8 Å². The Morgan fingerprint density at radius 3 is 2.10 bits per heavy atom. The van der Waals surface area contributed by atoms with Crippen LogP contribution in [0.1, 0.15) is 30.9 Å². The summed E-state index contributed by atoms with van der Waals surface area (Å²) in [7, 11) is -3.62. The molecule has 0 spiro atoms. The molecule has 0 saturated heterocycles. The fraction of sp³-hybridized carbons (Fsp3) is 0.250. The molecule has 0 aliphatic rings. The van der Waals surface area contributed by atoms with Crippen LogP contribution in [0.4, 0.5) is 4.39 Å². The first kappa shape index (κ1) is 15.7. The van der Waals surface area contributed by atoms with Gasteiger partial charge in [-0.1, -0.05) is 38.1 Å². The van der Waals surface area contributed by atoms with Crippen molar-refractivity contribution >= 4 is 10.0 Å². The highest BCUT2D eigenvalue weighted by Crippen LogP contribution is 2.15. The smallest absolute Gasteiger partial charge is 0.207 e. The molecule has 0 aliphatic heterocycles. The van der Waals surface area contributed by atoms with Gasteiger partial charge in [-0.15, -0.1) is 0 Å². The van der Waals surface area contributed by atoms with E-state index in [2.05, 4.69) is 18.6 Å². The Bertz CT molecular complexity index is 692. The lowest BCUT2D eigenvalue weighted by Gasteiger charge is -2.09. The number of hydrogen-bond donors (Lipinski definition) is 1. The zero-order valence-electron chi connectivity index (χ0n) is 12.0. The number of nitrogens with one attached hydrogen (secondary N) is 1. The first-order valence-electron chi connectivity index (χ1n) is 6.72. The molecule has 0 radical (unpaired) electrons. The summed E-state index contributed by atoms with van der Waals surface area (Å²) in [6, 6.07) is 12.6. The second-order valence-electron chi connectivity index (χ2n) is 5.17. The van der Waals surface area contributed by atoms with E-state index < -0.39 is 15.8 Å². The van der Waals surface area contributed by atoms with E-state index in [1.165, 1.54) is 17.7 Å². The first-order valence-corrected chi connectivity index (χ1v) is 8.21. The molecule has 21 heavy (non-hydrogen) atoms. The third kappa shape index (κ3) is 4.12. The Morgan fingerprint density at radius 1 is 1.00 bits per heavy atom. The molecule has 0 amide bonds. The summed E-state index contributed by atoms with van der Waals surface area (Å²) in [5.74, 6) is -0.0202. The molecule has 112 valence electrons. The van der Waals surface area contributed by atoms with Gasteiger partial charge < -0.3 is 0 Å². The molecule has 0 aromatic heterocycles. The average Bonchev–Trinajstić information content (AvgIpc) is 2.46. The van der Waals surface area contributed by atoms with Crippen LogP contribution in [0.3, 0.4) is 0 Å². The molecule has 1 N–H and O–H groups in total. The van der Waals surface area contributed by atoms with Gasteiger partial charge in [0.2, 0.25) is 10.0 Å². The Balaban J connectivity index is 2.06. The van der Waals surface area contributed by atoms with Crippen LogP contribution in [0.15, 0.2) is 53.4 Å². The fourth-order valence-corrected chi connectivity index (χ4v) is 2.91. The van der Waals surface area contributed by atoms with E-state index in [0.29, 0.717) is 5.92 Å². The first-order chi connectivity index (χ1) is 9.88. The minimum absolute atomic E-state index is 0.0581. The molecule has 0 aliphatic carbocycles. The van der Waals surface area contributed by atoms with Crippen LogP contribution in [0.25, 0.3) is 0 Å². The van der Waals surface area contributed by atoms with Gasteiger partial charge in [-0.25, -0.2) is 17.5 Å². The molecule has 0 fully saturated rings. The van der Waals surface area contributed by atoms with Crippen molar-refractivity contribution in [3.63, 3.8) is 0 Å². The monoisotopic (exact) mass is 307 g/mol. The summed E-state index contributed by atoms with van der Waals surface area (Å²) < 4.78 is 39.4. The highest BCUT2D eigenvalue weighted by atomic mass is 32.2. The molecule has 0 atom stereocenters. The molecule has 5 heteroatoms. The van der Waals surface area contributed by atoms with Crippen molar-refractivity contribution in [1.29, 1.82) is 0 Å². The Hall–Kier alpha value is -1.72. The maximum Gasteiger partial charge on any atom is 0.240 e. The summed E-state index contributed by atoms with van der Waals surface area (Å²) in [4.78, 5) is 0.0581. The van der Waals surface area contributed by atoms with E-state index >= 15 is 0 Å². The summed E-state index contributed by atoms with van der Waals surface area (Å²) in [6.07, 6.45) is 0. The highest BCUT2D eigenvalue weighted by molar-refractivity contribution is 7.89. The van der Waals surface area contributed by atoms with Gasteiger partial charge in [0.05, 0.1) is 4.90 Å². The number of rotatable bonds is 5. The van der Waals surface area contributed by atoms with E-state index in [9.17, 15) is 12.8 Å². The molecule has 2 rings (SSSR count). The molecular weight excluding hydrogens is 289 g/mol.